The number of benzene rings is 1. The van der Waals surface area contributed by atoms with E-state index in [-0.39, 0.29) is 17.0 Å². The van der Waals surface area contributed by atoms with E-state index in [0.29, 0.717) is 5.69 Å². The Bertz CT molecular complexity index is 443. The maximum absolute atomic E-state index is 10.9. The average molecular weight is 239 g/mol. The number of rotatable bonds is 5. The van der Waals surface area contributed by atoms with Crippen LogP contribution in [0.25, 0.3) is 0 Å². The first-order valence-corrected chi connectivity index (χ1v) is 5.07. The van der Waals surface area contributed by atoms with E-state index in [1.807, 2.05) is 0 Å². The highest BCUT2D eigenvalue weighted by Crippen LogP contribution is 2.27. The molecule has 0 saturated heterocycles. The Balaban J connectivity index is 2.95. The molecule has 0 unspecified atom stereocenters. The number of nitrogens with zero attached hydrogens (tertiary/aromatic N) is 1. The molecule has 3 N–H and O–H groups in total. The highest BCUT2D eigenvalue weighted by molar-refractivity contribution is 5.70. The zero-order valence-electron chi connectivity index (χ0n) is 9.67. The summed E-state index contributed by atoms with van der Waals surface area (Å²) in [5.74, 6) is -0.942. The van der Waals surface area contributed by atoms with E-state index in [2.05, 4.69) is 5.32 Å². The first kappa shape index (κ1) is 13.0. The number of hydrogen-bond donors (Lipinski definition) is 3. The molecule has 6 heteroatoms. The molecule has 0 radical (unpaired) electrons. The third-order valence-electron chi connectivity index (χ3n) is 2.18. The molecule has 1 rings (SSSR count). The van der Waals surface area contributed by atoms with Crippen molar-refractivity contribution in [3.8, 4) is 0 Å². The van der Waals surface area contributed by atoms with Gasteiger partial charge in [-0.3, -0.25) is 4.79 Å². The lowest BCUT2D eigenvalue weighted by atomic mass is 10.00. The van der Waals surface area contributed by atoms with Gasteiger partial charge in [0, 0.05) is 11.6 Å². The molecular formula is C11H15N2O4+. The molecule has 0 heterocycles. The summed E-state index contributed by atoms with van der Waals surface area (Å²) in [6.07, 6.45) is -0.106. The minimum atomic E-state index is -0.942. The molecule has 0 aliphatic rings. The lowest BCUT2D eigenvalue weighted by Crippen LogP contribution is -2.33. The Morgan fingerprint density at radius 3 is 2.53 bits per heavy atom. The highest BCUT2D eigenvalue weighted by atomic mass is 16.6. The number of nitrogens with one attached hydrogen (secondary N) is 1. The van der Waals surface area contributed by atoms with Crippen LogP contribution in [0.5, 0.6) is 0 Å². The first-order chi connectivity index (χ1) is 7.82. The van der Waals surface area contributed by atoms with Crippen molar-refractivity contribution in [2.45, 2.75) is 25.8 Å². The van der Waals surface area contributed by atoms with E-state index < -0.39 is 11.5 Å². The SMILES string of the molecule is CC(C)(CC(=O)O)Nc1ccccc1[N+](=O)O. The van der Waals surface area contributed by atoms with E-state index >= 15 is 0 Å². The van der Waals surface area contributed by atoms with Gasteiger partial charge in [0.1, 0.15) is 5.69 Å². The van der Waals surface area contributed by atoms with Gasteiger partial charge in [-0.05, 0) is 19.9 Å². The van der Waals surface area contributed by atoms with Gasteiger partial charge in [-0.25, -0.2) is 5.21 Å². The molecule has 17 heavy (non-hydrogen) atoms. The Morgan fingerprint density at radius 2 is 2.00 bits per heavy atom. The van der Waals surface area contributed by atoms with Crippen LogP contribution in [0, 0.1) is 4.91 Å². The van der Waals surface area contributed by atoms with Crippen molar-refractivity contribution in [3.05, 3.63) is 29.2 Å². The smallest absolute Gasteiger partial charge is 0.339 e. The summed E-state index contributed by atoms with van der Waals surface area (Å²) in [6.45, 7) is 3.40. The number of aliphatic carboxylic acids is 1. The molecule has 0 aromatic heterocycles. The van der Waals surface area contributed by atoms with Crippen molar-refractivity contribution in [1.82, 2.24) is 0 Å². The topological polar surface area (TPSA) is 89.6 Å². The van der Waals surface area contributed by atoms with Crippen molar-refractivity contribution in [3.63, 3.8) is 0 Å². The normalized spacial score (nSPS) is 10.9. The van der Waals surface area contributed by atoms with Gasteiger partial charge < -0.3 is 10.4 Å². The van der Waals surface area contributed by atoms with Crippen molar-refractivity contribution in [2.75, 3.05) is 5.32 Å². The molecule has 6 nitrogen and oxygen atoms in total. The molecule has 92 valence electrons. The second kappa shape index (κ2) is 4.82. The van der Waals surface area contributed by atoms with Gasteiger partial charge in [-0.15, -0.1) is 0 Å². The van der Waals surface area contributed by atoms with Gasteiger partial charge in [0.15, 0.2) is 0 Å². The summed E-state index contributed by atoms with van der Waals surface area (Å²) in [5.41, 5.74) is -0.292. The predicted molar refractivity (Wildman–Crippen MR) is 61.5 cm³/mol. The molecular weight excluding hydrogens is 224 g/mol. The van der Waals surface area contributed by atoms with Crippen LogP contribution in [-0.4, -0.2) is 26.7 Å². The van der Waals surface area contributed by atoms with Gasteiger partial charge in [0.25, 0.3) is 4.92 Å². The lowest BCUT2D eigenvalue weighted by Gasteiger charge is -2.24. The molecule has 0 aliphatic carbocycles. The van der Waals surface area contributed by atoms with Crippen molar-refractivity contribution < 1.29 is 20.0 Å². The fraction of sp³-hybridized carbons (Fsp3) is 0.364. The van der Waals surface area contributed by atoms with E-state index in [0.717, 1.165) is 0 Å². The zero-order chi connectivity index (χ0) is 13.1. The first-order valence-electron chi connectivity index (χ1n) is 5.07. The monoisotopic (exact) mass is 239 g/mol. The second-order valence-electron chi connectivity index (χ2n) is 4.37. The second-order valence-corrected chi connectivity index (χ2v) is 4.37. The largest absolute Gasteiger partial charge is 0.481 e. The van der Waals surface area contributed by atoms with Crippen LogP contribution in [0.15, 0.2) is 24.3 Å². The minimum Gasteiger partial charge on any atom is -0.481 e. The van der Waals surface area contributed by atoms with E-state index in [1.165, 1.54) is 6.07 Å². The number of carbonyl (C=O) groups is 1. The minimum absolute atomic E-state index is 0.0472. The number of carboxylic acid groups (broad SMARTS) is 1. The van der Waals surface area contributed by atoms with Gasteiger partial charge >= 0.3 is 11.7 Å². The molecule has 0 atom stereocenters. The van der Waals surface area contributed by atoms with Crippen LogP contribution in [0.1, 0.15) is 20.3 Å². The predicted octanol–water partition coefficient (Wildman–Crippen LogP) is 2.15. The van der Waals surface area contributed by atoms with Crippen LogP contribution >= 0.6 is 0 Å². The van der Waals surface area contributed by atoms with Gasteiger partial charge in [-0.2, -0.15) is 0 Å². The summed E-state index contributed by atoms with van der Waals surface area (Å²) in [7, 11) is 0. The standard InChI is InChI=1S/C11H14N2O4/c1-11(2,7-10(14)15)12-8-5-3-4-6-9(8)13(16)17/h3-6,12H,7H2,1-2H3,(H-,14,15,16,17)/p+1. The number of hydrogen-bond acceptors (Lipinski definition) is 3. The number of anilines is 1. The van der Waals surface area contributed by atoms with Crippen molar-refractivity contribution >= 4 is 17.3 Å². The van der Waals surface area contributed by atoms with Crippen LogP contribution in [-0.2, 0) is 4.79 Å². The zero-order valence-corrected chi connectivity index (χ0v) is 9.67. The fourth-order valence-electron chi connectivity index (χ4n) is 1.53. The molecule has 0 aliphatic heterocycles. The molecule has 0 saturated carbocycles. The van der Waals surface area contributed by atoms with E-state index in [9.17, 15) is 9.70 Å². The van der Waals surface area contributed by atoms with Gasteiger partial charge in [-0.1, -0.05) is 12.1 Å². The summed E-state index contributed by atoms with van der Waals surface area (Å²) in [5, 5.41) is 20.6. The summed E-state index contributed by atoms with van der Waals surface area (Å²) in [4.78, 5) is 21.3. The summed E-state index contributed by atoms with van der Waals surface area (Å²) in [6, 6.07) is 6.32. The lowest BCUT2D eigenvalue weighted by molar-refractivity contribution is -0.729. The van der Waals surface area contributed by atoms with Crippen LogP contribution in [0.4, 0.5) is 11.4 Å². The molecule has 1 aromatic rings. The van der Waals surface area contributed by atoms with Crippen LogP contribution < -0.4 is 5.32 Å². The van der Waals surface area contributed by atoms with E-state index in [4.69, 9.17) is 10.3 Å². The fourth-order valence-corrected chi connectivity index (χ4v) is 1.53. The number of para-hydroxylation sites is 2. The Kier molecular flexibility index (Phi) is 3.67. The maximum atomic E-state index is 10.9. The molecule has 0 fully saturated rings. The summed E-state index contributed by atoms with van der Waals surface area (Å²) >= 11 is 0. The van der Waals surface area contributed by atoms with Gasteiger partial charge in [0.05, 0.1) is 11.3 Å². The Labute approximate surface area is 98.4 Å². The number of carboxylic acids is 1. The van der Waals surface area contributed by atoms with Crippen molar-refractivity contribution in [2.24, 2.45) is 0 Å². The van der Waals surface area contributed by atoms with Crippen molar-refractivity contribution in [1.29, 1.82) is 0 Å². The van der Waals surface area contributed by atoms with E-state index in [1.54, 1.807) is 32.0 Å². The highest BCUT2D eigenvalue weighted by Gasteiger charge is 2.26. The van der Waals surface area contributed by atoms with Gasteiger partial charge in [0.2, 0.25) is 0 Å². The average Bonchev–Trinajstić information content (AvgIpc) is 2.14. The Hall–Kier alpha value is -2.11. The molecule has 0 spiro atoms. The Morgan fingerprint density at radius 1 is 1.41 bits per heavy atom. The van der Waals surface area contributed by atoms with Crippen LogP contribution in [0.2, 0.25) is 0 Å². The maximum Gasteiger partial charge on any atom is 0.339 e. The molecule has 0 amide bonds. The molecule has 0 bridgehead atoms. The third-order valence-corrected chi connectivity index (χ3v) is 2.18. The molecule has 1 aromatic carbocycles. The van der Waals surface area contributed by atoms with Crippen LogP contribution in [0.3, 0.4) is 0 Å². The quantitative estimate of drug-likeness (QED) is 0.685. The summed E-state index contributed by atoms with van der Waals surface area (Å²) < 4.78 is 0. The third kappa shape index (κ3) is 3.75.